The van der Waals surface area contributed by atoms with Crippen molar-refractivity contribution in [3.8, 4) is 0 Å². The molecule has 3 aromatic rings. The van der Waals surface area contributed by atoms with Gasteiger partial charge in [0, 0.05) is 29.8 Å². The van der Waals surface area contributed by atoms with Gasteiger partial charge in [-0.2, -0.15) is 18.3 Å². The molecular weight excluding hydrogens is 383 g/mol. The zero-order valence-corrected chi connectivity index (χ0v) is 16.3. The summed E-state index contributed by atoms with van der Waals surface area (Å²) in [4.78, 5) is 14.2. The fraction of sp³-hybridized carbons (Fsp3) is 0.429. The van der Waals surface area contributed by atoms with E-state index in [0.717, 1.165) is 45.9 Å². The number of halogens is 3. The lowest BCUT2D eigenvalue weighted by Gasteiger charge is -2.19. The molecule has 1 saturated carbocycles. The van der Waals surface area contributed by atoms with Gasteiger partial charge >= 0.3 is 6.18 Å². The second-order valence-corrected chi connectivity index (χ2v) is 7.57. The van der Waals surface area contributed by atoms with E-state index in [1.165, 1.54) is 0 Å². The zero-order valence-electron chi connectivity index (χ0n) is 16.3. The van der Waals surface area contributed by atoms with Crippen molar-refractivity contribution in [3.05, 3.63) is 63.3 Å². The number of fused-ring (bicyclic) bond motifs is 1. The number of nitrogens with zero attached hydrogens (tertiary/aromatic N) is 3. The van der Waals surface area contributed by atoms with E-state index in [9.17, 15) is 18.0 Å². The quantitative estimate of drug-likeness (QED) is 0.604. The van der Waals surface area contributed by atoms with Crippen LogP contribution in [0.3, 0.4) is 0 Å². The molecule has 0 radical (unpaired) electrons. The van der Waals surface area contributed by atoms with Crippen LogP contribution in [0.4, 0.5) is 13.2 Å². The van der Waals surface area contributed by atoms with Crippen LogP contribution in [-0.4, -0.2) is 21.7 Å². The van der Waals surface area contributed by atoms with Crippen molar-refractivity contribution in [1.29, 1.82) is 0 Å². The normalized spacial score (nSPS) is 14.8. The number of benzene rings is 1. The van der Waals surface area contributed by atoms with E-state index < -0.39 is 17.3 Å². The zero-order chi connectivity index (χ0) is 20.8. The molecule has 0 bridgehead atoms. The summed E-state index contributed by atoms with van der Waals surface area (Å²) in [7, 11) is 1.76. The topological polar surface area (TPSA) is 51.3 Å². The molecule has 1 aliphatic carbocycles. The van der Waals surface area contributed by atoms with Gasteiger partial charge in [0.15, 0.2) is 0 Å². The van der Waals surface area contributed by atoms with Crippen molar-refractivity contribution in [1.82, 2.24) is 14.7 Å². The van der Waals surface area contributed by atoms with Gasteiger partial charge in [0.25, 0.3) is 5.56 Å². The van der Waals surface area contributed by atoms with E-state index in [2.05, 4.69) is 5.10 Å². The molecule has 1 aliphatic rings. The van der Waals surface area contributed by atoms with Crippen molar-refractivity contribution >= 4 is 11.0 Å². The van der Waals surface area contributed by atoms with Gasteiger partial charge in [-0.1, -0.05) is 25.1 Å². The Labute approximate surface area is 165 Å². The summed E-state index contributed by atoms with van der Waals surface area (Å²) in [6, 6.07) is 8.57. The van der Waals surface area contributed by atoms with Gasteiger partial charge in [0.1, 0.15) is 16.9 Å². The van der Waals surface area contributed by atoms with Gasteiger partial charge < -0.3 is 4.42 Å². The van der Waals surface area contributed by atoms with Gasteiger partial charge in [-0.05, 0) is 32.0 Å². The third kappa shape index (κ3) is 3.94. The lowest BCUT2D eigenvalue weighted by molar-refractivity contribution is -0.139. The van der Waals surface area contributed by atoms with Gasteiger partial charge in [-0.3, -0.25) is 9.69 Å². The van der Waals surface area contributed by atoms with E-state index in [-0.39, 0.29) is 12.6 Å². The van der Waals surface area contributed by atoms with Gasteiger partial charge in [0.05, 0.1) is 12.4 Å². The molecule has 4 rings (SSSR count). The monoisotopic (exact) mass is 405 g/mol. The predicted octanol–water partition coefficient (Wildman–Crippen LogP) is 4.54. The van der Waals surface area contributed by atoms with Gasteiger partial charge in [-0.25, -0.2) is 4.68 Å². The standard InChI is InChI=1S/C21H22F3N3O2/c1-3-18-15(14-6-4-5-7-19(14)29-18)11-26(2)12-27-20(28)16(21(22,23)24)10-17(25-27)13-8-9-13/h4-7,10,13H,3,8-9,11-12H2,1-2H3. The lowest BCUT2D eigenvalue weighted by Crippen LogP contribution is -2.36. The van der Waals surface area contributed by atoms with Crippen molar-refractivity contribution < 1.29 is 17.6 Å². The van der Waals surface area contributed by atoms with Gasteiger partial charge in [-0.15, -0.1) is 0 Å². The molecule has 29 heavy (non-hydrogen) atoms. The van der Waals surface area contributed by atoms with Crippen LogP contribution in [0.25, 0.3) is 11.0 Å². The number of aryl methyl sites for hydroxylation is 1. The number of hydrogen-bond donors (Lipinski definition) is 0. The number of furan rings is 1. The van der Waals surface area contributed by atoms with Crippen LogP contribution in [0.2, 0.25) is 0 Å². The lowest BCUT2D eigenvalue weighted by atomic mass is 10.1. The molecular formula is C21H22F3N3O2. The first-order chi connectivity index (χ1) is 13.8. The highest BCUT2D eigenvalue weighted by atomic mass is 19.4. The molecule has 0 N–H and O–H groups in total. The third-order valence-corrected chi connectivity index (χ3v) is 5.20. The molecule has 8 heteroatoms. The second kappa shape index (κ2) is 7.33. The molecule has 2 aromatic heterocycles. The van der Waals surface area contributed by atoms with E-state index in [1.54, 1.807) is 11.9 Å². The van der Waals surface area contributed by atoms with Crippen molar-refractivity contribution in [2.75, 3.05) is 7.05 Å². The summed E-state index contributed by atoms with van der Waals surface area (Å²) in [6.45, 7) is 2.39. The molecule has 1 fully saturated rings. The van der Waals surface area contributed by atoms with Crippen LogP contribution in [0.5, 0.6) is 0 Å². The minimum atomic E-state index is -4.69. The Balaban J connectivity index is 1.65. The minimum absolute atomic E-state index is 0.0118. The van der Waals surface area contributed by atoms with Crippen LogP contribution in [0.15, 0.2) is 39.5 Å². The molecule has 0 unspecified atom stereocenters. The predicted molar refractivity (Wildman–Crippen MR) is 103 cm³/mol. The first-order valence-corrected chi connectivity index (χ1v) is 9.65. The fourth-order valence-electron chi connectivity index (χ4n) is 3.60. The molecule has 5 nitrogen and oxygen atoms in total. The first kappa shape index (κ1) is 19.7. The van der Waals surface area contributed by atoms with Crippen molar-refractivity contribution in [2.24, 2.45) is 0 Å². The van der Waals surface area contributed by atoms with Crippen LogP contribution in [0.1, 0.15) is 48.3 Å². The average Bonchev–Trinajstić information content (AvgIpc) is 3.45. The van der Waals surface area contributed by atoms with Crippen LogP contribution < -0.4 is 5.56 Å². The van der Waals surface area contributed by atoms with E-state index >= 15 is 0 Å². The van der Waals surface area contributed by atoms with Crippen LogP contribution >= 0.6 is 0 Å². The Bertz CT molecular complexity index is 1100. The summed E-state index contributed by atoms with van der Waals surface area (Å²) >= 11 is 0. The first-order valence-electron chi connectivity index (χ1n) is 9.65. The Hall–Kier alpha value is -2.61. The smallest absolute Gasteiger partial charge is 0.421 e. The Morgan fingerprint density at radius 1 is 1.28 bits per heavy atom. The highest BCUT2D eigenvalue weighted by Crippen LogP contribution is 2.40. The summed E-state index contributed by atoms with van der Waals surface area (Å²) in [5.74, 6) is 0.846. The number of aromatic nitrogens is 2. The Morgan fingerprint density at radius 2 is 2.00 bits per heavy atom. The Kier molecular flexibility index (Phi) is 4.98. The summed E-state index contributed by atoms with van der Waals surface area (Å²) in [6.07, 6.45) is -2.38. The summed E-state index contributed by atoms with van der Waals surface area (Å²) in [5.41, 5.74) is -0.160. The highest BCUT2D eigenvalue weighted by molar-refractivity contribution is 5.82. The molecule has 0 aliphatic heterocycles. The molecule has 0 atom stereocenters. The number of para-hydroxylation sites is 1. The summed E-state index contributed by atoms with van der Waals surface area (Å²) in [5, 5.41) is 5.19. The molecule has 1 aromatic carbocycles. The SMILES string of the molecule is CCc1oc2ccccc2c1CN(C)Cn1nc(C2CC2)cc(C(F)(F)F)c1=O. The maximum absolute atomic E-state index is 13.3. The van der Waals surface area contributed by atoms with Crippen molar-refractivity contribution in [2.45, 2.75) is 51.5 Å². The van der Waals surface area contributed by atoms with Crippen LogP contribution in [0, 0.1) is 0 Å². The number of hydrogen-bond acceptors (Lipinski definition) is 4. The Morgan fingerprint density at radius 3 is 2.66 bits per heavy atom. The molecule has 0 saturated heterocycles. The molecule has 2 heterocycles. The van der Waals surface area contributed by atoms with Crippen molar-refractivity contribution in [3.63, 3.8) is 0 Å². The molecule has 0 spiro atoms. The third-order valence-electron chi connectivity index (χ3n) is 5.20. The van der Waals surface area contributed by atoms with Gasteiger partial charge in [0.2, 0.25) is 0 Å². The minimum Gasteiger partial charge on any atom is -0.461 e. The molecule has 0 amide bonds. The van der Waals surface area contributed by atoms with E-state index in [4.69, 9.17) is 4.42 Å². The maximum atomic E-state index is 13.3. The highest BCUT2D eigenvalue weighted by Gasteiger charge is 2.37. The number of rotatable bonds is 6. The average molecular weight is 405 g/mol. The second-order valence-electron chi connectivity index (χ2n) is 7.57. The van der Waals surface area contributed by atoms with Crippen LogP contribution in [-0.2, 0) is 25.8 Å². The fourth-order valence-corrected chi connectivity index (χ4v) is 3.60. The molecule has 154 valence electrons. The summed E-state index contributed by atoms with van der Waals surface area (Å²) < 4.78 is 46.8. The maximum Gasteiger partial charge on any atom is 0.421 e. The van der Waals surface area contributed by atoms with E-state index in [0.29, 0.717) is 18.7 Å². The number of alkyl halides is 3. The van der Waals surface area contributed by atoms with E-state index in [1.807, 2.05) is 31.2 Å². The largest absolute Gasteiger partial charge is 0.461 e.